The third-order valence-electron chi connectivity index (χ3n) is 3.24. The van der Waals surface area contributed by atoms with Crippen molar-refractivity contribution in [1.82, 2.24) is 5.43 Å². The molecule has 0 atom stereocenters. The van der Waals surface area contributed by atoms with E-state index in [4.69, 9.17) is 9.47 Å². The highest BCUT2D eigenvalue weighted by molar-refractivity contribution is 5.98. The summed E-state index contributed by atoms with van der Waals surface area (Å²) >= 11 is 0. The number of carbonyl (C=O) groups is 1. The van der Waals surface area contributed by atoms with Crippen LogP contribution >= 0.6 is 0 Å². The van der Waals surface area contributed by atoms with E-state index in [2.05, 4.69) is 10.5 Å². The zero-order valence-corrected chi connectivity index (χ0v) is 13.4. The van der Waals surface area contributed by atoms with Gasteiger partial charge in [0.25, 0.3) is 11.6 Å². The van der Waals surface area contributed by atoms with Crippen LogP contribution in [-0.4, -0.2) is 36.4 Å². The van der Waals surface area contributed by atoms with Gasteiger partial charge in [-0.1, -0.05) is 0 Å². The molecule has 0 radical (unpaired) electrons. The fourth-order valence-corrected chi connectivity index (χ4v) is 1.98. The first-order valence-electron chi connectivity index (χ1n) is 6.99. The maximum absolute atomic E-state index is 12.0. The number of non-ortho nitro benzene ring substituents is 1. The van der Waals surface area contributed by atoms with Crippen LogP contribution < -0.4 is 14.9 Å². The van der Waals surface area contributed by atoms with Crippen LogP contribution in [0.3, 0.4) is 0 Å². The van der Waals surface area contributed by atoms with Crippen LogP contribution in [0.2, 0.25) is 0 Å². The van der Waals surface area contributed by atoms with E-state index < -0.39 is 16.6 Å². The summed E-state index contributed by atoms with van der Waals surface area (Å²) < 4.78 is 10.3. The smallest absolute Gasteiger partial charge is 0.275 e. The van der Waals surface area contributed by atoms with E-state index in [1.165, 1.54) is 20.4 Å². The Hall–Kier alpha value is -3.62. The molecule has 9 nitrogen and oxygen atoms in total. The van der Waals surface area contributed by atoms with Gasteiger partial charge >= 0.3 is 0 Å². The summed E-state index contributed by atoms with van der Waals surface area (Å²) in [5.41, 5.74) is 2.16. The Kier molecular flexibility index (Phi) is 5.51. The molecule has 130 valence electrons. The largest absolute Gasteiger partial charge is 0.507 e. The molecule has 0 heterocycles. The van der Waals surface area contributed by atoms with Crippen LogP contribution in [0.4, 0.5) is 5.69 Å². The Morgan fingerprint density at radius 1 is 1.24 bits per heavy atom. The molecular weight excluding hydrogens is 330 g/mol. The number of hydrogen-bond donors (Lipinski definition) is 2. The van der Waals surface area contributed by atoms with Gasteiger partial charge in [0.1, 0.15) is 17.2 Å². The standard InChI is InChI=1S/C16H15N3O6/c1-24-12-4-6-15(25-2)10(7-12)9-17-18-16(21)13-8-11(19(22)23)3-5-14(13)20/h3-9,20H,1-2H3,(H,18,21)/b17-9-. The molecule has 0 saturated heterocycles. The number of nitrogens with one attached hydrogen (secondary N) is 1. The molecule has 0 spiro atoms. The van der Waals surface area contributed by atoms with Gasteiger partial charge in [-0.25, -0.2) is 5.43 Å². The van der Waals surface area contributed by atoms with Gasteiger partial charge in [-0.2, -0.15) is 5.10 Å². The van der Waals surface area contributed by atoms with Crippen molar-refractivity contribution in [2.75, 3.05) is 14.2 Å². The minimum absolute atomic E-state index is 0.260. The fourth-order valence-electron chi connectivity index (χ4n) is 1.98. The van der Waals surface area contributed by atoms with Gasteiger partial charge in [-0.05, 0) is 24.3 Å². The van der Waals surface area contributed by atoms with Crippen molar-refractivity contribution < 1.29 is 24.3 Å². The average molecular weight is 345 g/mol. The average Bonchev–Trinajstić information content (AvgIpc) is 2.61. The highest BCUT2D eigenvalue weighted by atomic mass is 16.6. The van der Waals surface area contributed by atoms with E-state index in [-0.39, 0.29) is 11.3 Å². The second kappa shape index (κ2) is 7.77. The molecule has 0 aromatic heterocycles. The third kappa shape index (κ3) is 4.22. The molecule has 0 saturated carbocycles. The van der Waals surface area contributed by atoms with E-state index in [0.717, 1.165) is 18.2 Å². The lowest BCUT2D eigenvalue weighted by molar-refractivity contribution is -0.384. The van der Waals surface area contributed by atoms with Gasteiger partial charge in [0.15, 0.2) is 0 Å². The van der Waals surface area contributed by atoms with Crippen LogP contribution in [0.25, 0.3) is 0 Å². The molecule has 0 fully saturated rings. The Labute approximate surface area is 142 Å². The molecule has 0 aliphatic carbocycles. The Bertz CT molecular complexity index is 835. The van der Waals surface area contributed by atoms with Gasteiger partial charge in [0.2, 0.25) is 0 Å². The second-order valence-electron chi connectivity index (χ2n) is 4.77. The van der Waals surface area contributed by atoms with Crippen molar-refractivity contribution in [3.8, 4) is 17.2 Å². The Morgan fingerprint density at radius 3 is 2.64 bits per heavy atom. The lowest BCUT2D eigenvalue weighted by atomic mass is 10.1. The third-order valence-corrected chi connectivity index (χ3v) is 3.24. The molecule has 2 aromatic rings. The van der Waals surface area contributed by atoms with Crippen molar-refractivity contribution in [2.24, 2.45) is 5.10 Å². The van der Waals surface area contributed by atoms with Crippen LogP contribution in [0, 0.1) is 10.1 Å². The minimum Gasteiger partial charge on any atom is -0.507 e. The maximum atomic E-state index is 12.0. The molecule has 2 N–H and O–H groups in total. The minimum atomic E-state index is -0.792. The summed E-state index contributed by atoms with van der Waals surface area (Å²) in [7, 11) is 2.99. The predicted octanol–water partition coefficient (Wildman–Crippen LogP) is 2.08. The van der Waals surface area contributed by atoms with E-state index in [9.17, 15) is 20.0 Å². The van der Waals surface area contributed by atoms with Gasteiger partial charge in [0, 0.05) is 17.7 Å². The normalized spacial score (nSPS) is 10.5. The lowest BCUT2D eigenvalue weighted by Gasteiger charge is -2.07. The summed E-state index contributed by atoms with van der Waals surface area (Å²) in [5, 5.41) is 24.2. The quantitative estimate of drug-likeness (QED) is 0.469. The van der Waals surface area contributed by atoms with Crippen LogP contribution in [0.1, 0.15) is 15.9 Å². The molecule has 2 aromatic carbocycles. The Balaban J connectivity index is 2.19. The van der Waals surface area contributed by atoms with Crippen LogP contribution in [0.5, 0.6) is 17.2 Å². The number of rotatable bonds is 6. The van der Waals surface area contributed by atoms with E-state index in [1.54, 1.807) is 18.2 Å². The number of nitrogens with zero attached hydrogens (tertiary/aromatic N) is 2. The van der Waals surface area contributed by atoms with E-state index in [1.807, 2.05) is 0 Å². The number of carbonyl (C=O) groups excluding carboxylic acids is 1. The molecule has 0 aliphatic rings. The highest BCUT2D eigenvalue weighted by Gasteiger charge is 2.16. The zero-order valence-electron chi connectivity index (χ0n) is 13.4. The second-order valence-corrected chi connectivity index (χ2v) is 4.77. The molecule has 0 unspecified atom stereocenters. The van der Waals surface area contributed by atoms with Gasteiger partial charge in [-0.3, -0.25) is 14.9 Å². The lowest BCUT2D eigenvalue weighted by Crippen LogP contribution is -2.18. The van der Waals surface area contributed by atoms with Crippen molar-refractivity contribution in [3.63, 3.8) is 0 Å². The van der Waals surface area contributed by atoms with Crippen molar-refractivity contribution in [3.05, 3.63) is 57.6 Å². The number of phenolic OH excluding ortho intramolecular Hbond substituents is 1. The van der Waals surface area contributed by atoms with E-state index >= 15 is 0 Å². The summed E-state index contributed by atoms with van der Waals surface area (Å²) in [5.74, 6) is -0.0986. The molecule has 0 aliphatic heterocycles. The number of benzene rings is 2. The predicted molar refractivity (Wildman–Crippen MR) is 89.4 cm³/mol. The number of phenols is 1. The topological polar surface area (TPSA) is 123 Å². The molecule has 2 rings (SSSR count). The first-order chi connectivity index (χ1) is 12.0. The number of methoxy groups -OCH3 is 2. The summed E-state index contributed by atoms with van der Waals surface area (Å²) in [6, 6.07) is 8.16. The van der Waals surface area contributed by atoms with Gasteiger partial charge in [-0.15, -0.1) is 0 Å². The number of amides is 1. The van der Waals surface area contributed by atoms with Crippen LogP contribution in [0.15, 0.2) is 41.5 Å². The molecule has 9 heteroatoms. The van der Waals surface area contributed by atoms with Gasteiger partial charge in [0.05, 0.1) is 30.9 Å². The maximum Gasteiger partial charge on any atom is 0.275 e. The number of hydrazone groups is 1. The molecule has 25 heavy (non-hydrogen) atoms. The van der Waals surface area contributed by atoms with Crippen molar-refractivity contribution in [2.45, 2.75) is 0 Å². The summed E-state index contributed by atoms with van der Waals surface area (Å²) in [4.78, 5) is 22.1. The van der Waals surface area contributed by atoms with Crippen molar-refractivity contribution in [1.29, 1.82) is 0 Å². The molecule has 1 amide bonds. The van der Waals surface area contributed by atoms with Crippen LogP contribution in [-0.2, 0) is 0 Å². The molecular formula is C16H15N3O6. The summed E-state index contributed by atoms with van der Waals surface area (Å²) in [6.07, 6.45) is 1.33. The fraction of sp³-hybridized carbons (Fsp3) is 0.125. The van der Waals surface area contributed by atoms with E-state index in [0.29, 0.717) is 17.1 Å². The summed E-state index contributed by atoms with van der Waals surface area (Å²) in [6.45, 7) is 0. The molecule has 0 bridgehead atoms. The monoisotopic (exact) mass is 345 g/mol. The number of nitro benzene ring substituents is 1. The Morgan fingerprint density at radius 2 is 2.00 bits per heavy atom. The number of hydrogen-bond acceptors (Lipinski definition) is 7. The number of ether oxygens (including phenoxy) is 2. The highest BCUT2D eigenvalue weighted by Crippen LogP contribution is 2.23. The first kappa shape index (κ1) is 17.7. The van der Waals surface area contributed by atoms with Gasteiger partial charge < -0.3 is 14.6 Å². The number of nitro groups is 1. The SMILES string of the molecule is COc1ccc(OC)c(/C=N\NC(=O)c2cc([N+](=O)[O-])ccc2O)c1. The number of aromatic hydroxyl groups is 1. The zero-order chi connectivity index (χ0) is 18.4. The van der Waals surface area contributed by atoms with Crippen molar-refractivity contribution >= 4 is 17.8 Å². The first-order valence-corrected chi connectivity index (χ1v) is 6.99.